The van der Waals surface area contributed by atoms with E-state index in [1.165, 1.54) is 16.7 Å². The quantitative estimate of drug-likeness (QED) is 0.807. The summed E-state index contributed by atoms with van der Waals surface area (Å²) in [6.07, 6.45) is 0. The minimum absolute atomic E-state index is 0.428. The van der Waals surface area contributed by atoms with Gasteiger partial charge in [0.2, 0.25) is 0 Å². The Labute approximate surface area is 100 Å². The molecule has 1 nitrogen and oxygen atoms in total. The Kier molecular flexibility index (Phi) is 4.55. The van der Waals surface area contributed by atoms with Gasteiger partial charge >= 0.3 is 0 Å². The first-order chi connectivity index (χ1) is 7.41. The molecular formula is C15H25N. The molecule has 0 spiro atoms. The van der Waals surface area contributed by atoms with Gasteiger partial charge in [-0.3, -0.25) is 0 Å². The van der Waals surface area contributed by atoms with Crippen LogP contribution in [0.4, 0.5) is 0 Å². The standard InChI is InChI=1S/C15H25N/c1-10(2)13(5)16-14(6)15-9-11(3)7-8-12(15)4/h7-10,13-14,16H,1-6H3. The van der Waals surface area contributed by atoms with Gasteiger partial charge in [-0.25, -0.2) is 0 Å². The summed E-state index contributed by atoms with van der Waals surface area (Å²) < 4.78 is 0. The van der Waals surface area contributed by atoms with Gasteiger partial charge in [0.05, 0.1) is 0 Å². The van der Waals surface area contributed by atoms with E-state index in [1.54, 1.807) is 0 Å². The Bertz CT molecular complexity index is 341. The van der Waals surface area contributed by atoms with Crippen molar-refractivity contribution in [2.75, 3.05) is 0 Å². The maximum atomic E-state index is 3.66. The maximum absolute atomic E-state index is 3.66. The first kappa shape index (κ1) is 13.2. The van der Waals surface area contributed by atoms with E-state index in [1.807, 2.05) is 0 Å². The van der Waals surface area contributed by atoms with Crippen molar-refractivity contribution in [3.05, 3.63) is 34.9 Å². The van der Waals surface area contributed by atoms with Gasteiger partial charge in [0, 0.05) is 12.1 Å². The molecule has 2 unspecified atom stereocenters. The molecule has 1 aromatic rings. The van der Waals surface area contributed by atoms with Gasteiger partial charge in [-0.05, 0) is 44.7 Å². The molecule has 0 radical (unpaired) electrons. The second-order valence-electron chi connectivity index (χ2n) is 5.28. The van der Waals surface area contributed by atoms with Crippen molar-refractivity contribution in [2.45, 2.75) is 53.6 Å². The van der Waals surface area contributed by atoms with Gasteiger partial charge < -0.3 is 5.32 Å². The van der Waals surface area contributed by atoms with Gasteiger partial charge in [-0.15, -0.1) is 0 Å². The van der Waals surface area contributed by atoms with Crippen LogP contribution in [0.25, 0.3) is 0 Å². The third kappa shape index (κ3) is 3.34. The Morgan fingerprint density at radius 2 is 1.62 bits per heavy atom. The fourth-order valence-corrected chi connectivity index (χ4v) is 1.90. The van der Waals surface area contributed by atoms with Crippen LogP contribution in [0.2, 0.25) is 0 Å². The minimum atomic E-state index is 0.428. The Morgan fingerprint density at radius 1 is 1.00 bits per heavy atom. The van der Waals surface area contributed by atoms with Crippen LogP contribution >= 0.6 is 0 Å². The lowest BCUT2D eigenvalue weighted by molar-refractivity contribution is 0.388. The molecular weight excluding hydrogens is 194 g/mol. The van der Waals surface area contributed by atoms with Crippen LogP contribution < -0.4 is 5.32 Å². The van der Waals surface area contributed by atoms with Crippen LogP contribution in [0, 0.1) is 19.8 Å². The summed E-state index contributed by atoms with van der Waals surface area (Å²) in [7, 11) is 0. The molecule has 0 fully saturated rings. The summed E-state index contributed by atoms with van der Waals surface area (Å²) in [5.74, 6) is 0.674. The molecule has 0 aliphatic carbocycles. The molecule has 1 N–H and O–H groups in total. The number of benzene rings is 1. The topological polar surface area (TPSA) is 12.0 Å². The highest BCUT2D eigenvalue weighted by molar-refractivity contribution is 5.32. The van der Waals surface area contributed by atoms with E-state index in [0.717, 1.165) is 0 Å². The zero-order valence-electron chi connectivity index (χ0n) is 11.5. The molecule has 0 saturated heterocycles. The Balaban J connectivity index is 2.80. The van der Waals surface area contributed by atoms with Crippen molar-refractivity contribution in [1.82, 2.24) is 5.32 Å². The maximum Gasteiger partial charge on any atom is 0.0297 e. The molecule has 2 atom stereocenters. The molecule has 0 aliphatic rings. The molecule has 16 heavy (non-hydrogen) atoms. The molecule has 0 saturated carbocycles. The highest BCUT2D eigenvalue weighted by atomic mass is 14.9. The number of hydrogen-bond donors (Lipinski definition) is 1. The summed E-state index contributed by atoms with van der Waals surface area (Å²) in [5.41, 5.74) is 4.14. The van der Waals surface area contributed by atoms with E-state index in [2.05, 4.69) is 65.1 Å². The van der Waals surface area contributed by atoms with E-state index in [-0.39, 0.29) is 0 Å². The second kappa shape index (κ2) is 5.49. The van der Waals surface area contributed by atoms with Crippen molar-refractivity contribution in [3.8, 4) is 0 Å². The SMILES string of the molecule is Cc1ccc(C)c(C(C)NC(C)C(C)C)c1. The van der Waals surface area contributed by atoms with E-state index < -0.39 is 0 Å². The lowest BCUT2D eigenvalue weighted by atomic mass is 9.98. The van der Waals surface area contributed by atoms with Crippen molar-refractivity contribution in [2.24, 2.45) is 5.92 Å². The summed E-state index contributed by atoms with van der Waals surface area (Å²) in [6.45, 7) is 13.4. The molecule has 0 bridgehead atoms. The summed E-state index contributed by atoms with van der Waals surface area (Å²) in [4.78, 5) is 0. The second-order valence-corrected chi connectivity index (χ2v) is 5.28. The van der Waals surface area contributed by atoms with Gasteiger partial charge in [0.15, 0.2) is 0 Å². The highest BCUT2D eigenvalue weighted by Gasteiger charge is 2.13. The van der Waals surface area contributed by atoms with Gasteiger partial charge in [0.1, 0.15) is 0 Å². The molecule has 0 amide bonds. The highest BCUT2D eigenvalue weighted by Crippen LogP contribution is 2.20. The van der Waals surface area contributed by atoms with Crippen molar-refractivity contribution >= 4 is 0 Å². The van der Waals surface area contributed by atoms with Gasteiger partial charge in [-0.2, -0.15) is 0 Å². The van der Waals surface area contributed by atoms with E-state index in [4.69, 9.17) is 0 Å². The molecule has 0 heterocycles. The van der Waals surface area contributed by atoms with Crippen LogP contribution in [-0.2, 0) is 0 Å². The minimum Gasteiger partial charge on any atom is -0.307 e. The van der Waals surface area contributed by atoms with Crippen LogP contribution in [0.15, 0.2) is 18.2 Å². The van der Waals surface area contributed by atoms with Crippen molar-refractivity contribution < 1.29 is 0 Å². The summed E-state index contributed by atoms with van der Waals surface area (Å²) in [6, 6.07) is 7.66. The Morgan fingerprint density at radius 3 is 2.19 bits per heavy atom. The summed E-state index contributed by atoms with van der Waals surface area (Å²) in [5, 5.41) is 3.66. The van der Waals surface area contributed by atoms with Crippen LogP contribution in [0.5, 0.6) is 0 Å². The normalized spacial score (nSPS) is 15.2. The van der Waals surface area contributed by atoms with Crippen LogP contribution in [0.3, 0.4) is 0 Å². The number of hydrogen-bond acceptors (Lipinski definition) is 1. The van der Waals surface area contributed by atoms with Crippen LogP contribution in [0.1, 0.15) is 50.4 Å². The average molecular weight is 219 g/mol. The fraction of sp³-hybridized carbons (Fsp3) is 0.600. The lowest BCUT2D eigenvalue weighted by Gasteiger charge is -2.24. The number of rotatable bonds is 4. The van der Waals surface area contributed by atoms with Crippen molar-refractivity contribution in [3.63, 3.8) is 0 Å². The van der Waals surface area contributed by atoms with E-state index in [9.17, 15) is 0 Å². The van der Waals surface area contributed by atoms with Crippen LogP contribution in [-0.4, -0.2) is 6.04 Å². The monoisotopic (exact) mass is 219 g/mol. The number of nitrogens with one attached hydrogen (secondary N) is 1. The molecule has 1 rings (SSSR count). The van der Waals surface area contributed by atoms with Gasteiger partial charge in [0.25, 0.3) is 0 Å². The zero-order chi connectivity index (χ0) is 12.3. The largest absolute Gasteiger partial charge is 0.307 e. The third-order valence-electron chi connectivity index (χ3n) is 3.41. The molecule has 0 aliphatic heterocycles. The molecule has 0 aromatic heterocycles. The Hall–Kier alpha value is -0.820. The lowest BCUT2D eigenvalue weighted by Crippen LogP contribution is -2.33. The first-order valence-corrected chi connectivity index (χ1v) is 6.25. The third-order valence-corrected chi connectivity index (χ3v) is 3.41. The van der Waals surface area contributed by atoms with Crippen molar-refractivity contribution in [1.29, 1.82) is 0 Å². The molecule has 1 heteroatoms. The zero-order valence-corrected chi connectivity index (χ0v) is 11.5. The predicted molar refractivity (Wildman–Crippen MR) is 71.8 cm³/mol. The van der Waals surface area contributed by atoms with E-state index >= 15 is 0 Å². The molecule has 90 valence electrons. The predicted octanol–water partition coefficient (Wildman–Crippen LogP) is 4.00. The summed E-state index contributed by atoms with van der Waals surface area (Å²) >= 11 is 0. The first-order valence-electron chi connectivity index (χ1n) is 6.25. The number of aryl methyl sites for hydroxylation is 2. The molecule has 1 aromatic carbocycles. The van der Waals surface area contributed by atoms with Gasteiger partial charge in [-0.1, -0.05) is 37.6 Å². The fourth-order valence-electron chi connectivity index (χ4n) is 1.90. The smallest absolute Gasteiger partial charge is 0.0297 e. The average Bonchev–Trinajstić information content (AvgIpc) is 2.21. The van der Waals surface area contributed by atoms with E-state index in [0.29, 0.717) is 18.0 Å².